The largest absolute Gasteiger partial charge is 0.313 e. The lowest BCUT2D eigenvalue weighted by Gasteiger charge is -2.26. The smallest absolute Gasteiger partial charge is 0.130 e. The third kappa shape index (κ3) is 3.76. The Bertz CT molecular complexity index is 454. The molecule has 1 heterocycles. The molecule has 1 aliphatic carbocycles. The molecule has 2 nitrogen and oxygen atoms in total. The monoisotopic (exact) mass is 280 g/mol. The maximum atomic E-state index is 13.8. The topological polar surface area (TPSA) is 15.3 Å². The lowest BCUT2D eigenvalue weighted by molar-refractivity contribution is 0.229. The highest BCUT2D eigenvalue weighted by molar-refractivity contribution is 5.18. The third-order valence-corrected chi connectivity index (χ3v) is 4.26. The Morgan fingerprint density at radius 2 is 2.00 bits per heavy atom. The van der Waals surface area contributed by atoms with Crippen LogP contribution >= 0.6 is 0 Å². The van der Waals surface area contributed by atoms with Crippen molar-refractivity contribution in [1.29, 1.82) is 0 Å². The molecule has 20 heavy (non-hydrogen) atoms. The SMILES string of the molecule is Fc1ccc(CN(CC2CC2)CC2CCCN2)c(F)c1. The minimum atomic E-state index is -0.502. The van der Waals surface area contributed by atoms with Crippen LogP contribution in [0, 0.1) is 17.6 Å². The van der Waals surface area contributed by atoms with Crippen LogP contribution in [0.1, 0.15) is 31.2 Å². The van der Waals surface area contributed by atoms with Crippen molar-refractivity contribution in [2.75, 3.05) is 19.6 Å². The molecule has 1 atom stereocenters. The van der Waals surface area contributed by atoms with E-state index >= 15 is 0 Å². The van der Waals surface area contributed by atoms with Gasteiger partial charge in [-0.05, 0) is 44.2 Å². The predicted octanol–water partition coefficient (Wildman–Crippen LogP) is 2.93. The number of rotatable bonds is 6. The van der Waals surface area contributed by atoms with Crippen molar-refractivity contribution in [3.63, 3.8) is 0 Å². The molecule has 1 aromatic rings. The van der Waals surface area contributed by atoms with E-state index in [4.69, 9.17) is 0 Å². The third-order valence-electron chi connectivity index (χ3n) is 4.26. The predicted molar refractivity (Wildman–Crippen MR) is 75.4 cm³/mol. The van der Waals surface area contributed by atoms with E-state index in [9.17, 15) is 8.78 Å². The van der Waals surface area contributed by atoms with Gasteiger partial charge in [-0.3, -0.25) is 4.90 Å². The summed E-state index contributed by atoms with van der Waals surface area (Å²) in [7, 11) is 0. The van der Waals surface area contributed by atoms with Crippen LogP contribution in [0.15, 0.2) is 18.2 Å². The van der Waals surface area contributed by atoms with Crippen LogP contribution in [0.3, 0.4) is 0 Å². The maximum absolute atomic E-state index is 13.8. The second-order valence-corrected chi connectivity index (χ2v) is 6.17. The molecule has 0 amide bonds. The Morgan fingerprint density at radius 3 is 2.65 bits per heavy atom. The fourth-order valence-corrected chi connectivity index (χ4v) is 2.98. The van der Waals surface area contributed by atoms with E-state index in [2.05, 4.69) is 10.2 Å². The molecule has 1 saturated heterocycles. The second-order valence-electron chi connectivity index (χ2n) is 6.17. The molecule has 1 aromatic carbocycles. The van der Waals surface area contributed by atoms with Crippen LogP contribution in [-0.2, 0) is 6.54 Å². The highest BCUT2D eigenvalue weighted by Gasteiger charge is 2.27. The van der Waals surface area contributed by atoms with Crippen molar-refractivity contribution in [2.24, 2.45) is 5.92 Å². The normalized spacial score (nSPS) is 22.6. The van der Waals surface area contributed by atoms with Gasteiger partial charge in [-0.15, -0.1) is 0 Å². The van der Waals surface area contributed by atoms with Gasteiger partial charge < -0.3 is 5.32 Å². The van der Waals surface area contributed by atoms with E-state index in [-0.39, 0.29) is 0 Å². The van der Waals surface area contributed by atoms with Gasteiger partial charge in [-0.2, -0.15) is 0 Å². The quantitative estimate of drug-likeness (QED) is 0.862. The Hall–Kier alpha value is -1.00. The number of hydrogen-bond donors (Lipinski definition) is 1. The molecule has 110 valence electrons. The van der Waals surface area contributed by atoms with Crippen molar-refractivity contribution in [3.8, 4) is 0 Å². The number of nitrogens with zero attached hydrogens (tertiary/aromatic N) is 1. The van der Waals surface area contributed by atoms with E-state index < -0.39 is 11.6 Å². The van der Waals surface area contributed by atoms with Gasteiger partial charge in [0, 0.05) is 37.3 Å². The zero-order chi connectivity index (χ0) is 13.9. The van der Waals surface area contributed by atoms with Crippen LogP contribution in [-0.4, -0.2) is 30.6 Å². The summed E-state index contributed by atoms with van der Waals surface area (Å²) in [5, 5.41) is 3.49. The van der Waals surface area contributed by atoms with Gasteiger partial charge in [-0.25, -0.2) is 8.78 Å². The highest BCUT2D eigenvalue weighted by atomic mass is 19.1. The van der Waals surface area contributed by atoms with Crippen LogP contribution in [0.2, 0.25) is 0 Å². The average Bonchev–Trinajstić information content (AvgIpc) is 3.07. The van der Waals surface area contributed by atoms with Gasteiger partial charge in [0.15, 0.2) is 0 Å². The van der Waals surface area contributed by atoms with E-state index in [0.29, 0.717) is 18.2 Å². The molecule has 2 fully saturated rings. The Labute approximate surface area is 119 Å². The summed E-state index contributed by atoms with van der Waals surface area (Å²) in [5.41, 5.74) is 0.602. The lowest BCUT2D eigenvalue weighted by atomic mass is 10.1. The minimum Gasteiger partial charge on any atom is -0.313 e. The van der Waals surface area contributed by atoms with Crippen molar-refractivity contribution >= 4 is 0 Å². The van der Waals surface area contributed by atoms with Gasteiger partial charge in [-0.1, -0.05) is 6.07 Å². The van der Waals surface area contributed by atoms with Crippen molar-refractivity contribution in [2.45, 2.75) is 38.3 Å². The molecular formula is C16H22F2N2. The van der Waals surface area contributed by atoms with E-state index in [1.54, 1.807) is 6.07 Å². The average molecular weight is 280 g/mol. The summed E-state index contributed by atoms with van der Waals surface area (Å²) in [6.45, 7) is 3.68. The molecule has 1 N–H and O–H groups in total. The van der Waals surface area contributed by atoms with Crippen LogP contribution in [0.4, 0.5) is 8.78 Å². The van der Waals surface area contributed by atoms with Crippen LogP contribution < -0.4 is 5.32 Å². The van der Waals surface area contributed by atoms with Crippen LogP contribution in [0.5, 0.6) is 0 Å². The molecule has 1 saturated carbocycles. The Morgan fingerprint density at radius 1 is 1.15 bits per heavy atom. The maximum Gasteiger partial charge on any atom is 0.130 e. The first-order valence-electron chi connectivity index (χ1n) is 7.60. The van der Waals surface area contributed by atoms with Gasteiger partial charge in [0.1, 0.15) is 11.6 Å². The number of hydrogen-bond acceptors (Lipinski definition) is 2. The fourth-order valence-electron chi connectivity index (χ4n) is 2.98. The molecule has 0 aromatic heterocycles. The summed E-state index contributed by atoms with van der Waals surface area (Å²) >= 11 is 0. The first-order valence-corrected chi connectivity index (χ1v) is 7.60. The van der Waals surface area contributed by atoms with Gasteiger partial charge in [0.05, 0.1) is 0 Å². The summed E-state index contributed by atoms with van der Waals surface area (Å²) in [6.07, 6.45) is 5.01. The molecular weight excluding hydrogens is 258 g/mol. The zero-order valence-electron chi connectivity index (χ0n) is 11.7. The summed E-state index contributed by atoms with van der Waals surface area (Å²) in [4.78, 5) is 2.33. The molecule has 2 aliphatic rings. The molecule has 3 rings (SSSR count). The molecule has 1 aliphatic heterocycles. The number of nitrogens with one attached hydrogen (secondary N) is 1. The standard InChI is InChI=1S/C16H22F2N2/c17-14-6-5-13(16(18)8-14)10-20(9-12-3-4-12)11-15-2-1-7-19-15/h5-6,8,12,15,19H,1-4,7,9-11H2. The highest BCUT2D eigenvalue weighted by Crippen LogP contribution is 2.30. The molecule has 0 spiro atoms. The van der Waals surface area contributed by atoms with Gasteiger partial charge in [0.25, 0.3) is 0 Å². The van der Waals surface area contributed by atoms with Gasteiger partial charge in [0.2, 0.25) is 0 Å². The van der Waals surface area contributed by atoms with E-state index in [0.717, 1.165) is 31.6 Å². The number of benzene rings is 1. The second kappa shape index (κ2) is 6.19. The molecule has 0 radical (unpaired) electrons. The van der Waals surface area contributed by atoms with E-state index in [1.165, 1.54) is 31.7 Å². The van der Waals surface area contributed by atoms with Gasteiger partial charge >= 0.3 is 0 Å². The van der Waals surface area contributed by atoms with E-state index in [1.807, 2.05) is 0 Å². The number of halogens is 2. The Kier molecular flexibility index (Phi) is 4.32. The Balaban J connectivity index is 1.64. The van der Waals surface area contributed by atoms with Crippen LogP contribution in [0.25, 0.3) is 0 Å². The first kappa shape index (κ1) is 14.0. The summed E-state index contributed by atoms with van der Waals surface area (Å²) in [6, 6.07) is 4.43. The fraction of sp³-hybridized carbons (Fsp3) is 0.625. The zero-order valence-corrected chi connectivity index (χ0v) is 11.7. The van der Waals surface area contributed by atoms with Crippen molar-refractivity contribution in [1.82, 2.24) is 10.2 Å². The molecule has 0 bridgehead atoms. The van der Waals surface area contributed by atoms with Crippen molar-refractivity contribution < 1.29 is 8.78 Å². The summed E-state index contributed by atoms with van der Waals surface area (Å²) < 4.78 is 26.8. The lowest BCUT2D eigenvalue weighted by Crippen LogP contribution is -2.38. The first-order chi connectivity index (χ1) is 9.70. The minimum absolute atomic E-state index is 0.426. The molecule has 1 unspecified atom stereocenters. The van der Waals surface area contributed by atoms with Crippen molar-refractivity contribution in [3.05, 3.63) is 35.4 Å². The summed E-state index contributed by atoms with van der Waals surface area (Å²) in [5.74, 6) is -0.150. The molecule has 4 heteroatoms.